The fraction of sp³-hybridized carbons (Fsp3) is 0.0500. The molecule has 0 radical (unpaired) electrons. The number of benzene rings is 2. The second-order valence-corrected chi connectivity index (χ2v) is 5.83. The summed E-state index contributed by atoms with van der Waals surface area (Å²) in [4.78, 5) is 29.9. The number of aldehydes is 2. The smallest absolute Gasteiger partial charge is 0.150 e. The predicted octanol–water partition coefficient (Wildman–Crippen LogP) is 4.32. The van der Waals surface area contributed by atoms with Crippen molar-refractivity contribution in [3.63, 3.8) is 0 Å². The zero-order valence-corrected chi connectivity index (χ0v) is 13.0. The molecule has 4 aromatic rings. The van der Waals surface area contributed by atoms with Gasteiger partial charge in [-0.15, -0.1) is 0 Å². The van der Waals surface area contributed by atoms with Gasteiger partial charge in [0.2, 0.25) is 0 Å². The third-order valence-electron chi connectivity index (χ3n) is 4.29. The minimum absolute atomic E-state index is 0.494. The van der Waals surface area contributed by atoms with Crippen LogP contribution < -0.4 is 0 Å². The van der Waals surface area contributed by atoms with E-state index in [2.05, 4.69) is 16.0 Å². The molecule has 0 fully saturated rings. The number of hydrogen-bond donors (Lipinski definition) is 1. The third kappa shape index (κ3) is 2.20. The van der Waals surface area contributed by atoms with Crippen molar-refractivity contribution < 1.29 is 9.59 Å². The number of carbonyl (C=O) groups is 2. The van der Waals surface area contributed by atoms with Crippen LogP contribution in [0.2, 0.25) is 0 Å². The van der Waals surface area contributed by atoms with E-state index in [0.717, 1.165) is 51.2 Å². The molecular weight excluding hydrogens is 300 g/mol. The number of aromatic amines is 1. The number of hydrogen-bond acceptors (Lipinski definition) is 3. The molecule has 0 atom stereocenters. The van der Waals surface area contributed by atoms with Gasteiger partial charge in [0.05, 0.1) is 11.2 Å². The molecule has 0 saturated heterocycles. The number of fused-ring (bicyclic) bond motifs is 3. The van der Waals surface area contributed by atoms with Crippen LogP contribution in [0.25, 0.3) is 32.9 Å². The molecule has 1 N–H and O–H groups in total. The van der Waals surface area contributed by atoms with Crippen molar-refractivity contribution in [2.24, 2.45) is 0 Å². The van der Waals surface area contributed by atoms with Crippen LogP contribution in [-0.2, 0) is 0 Å². The highest BCUT2D eigenvalue weighted by molar-refractivity contribution is 6.09. The third-order valence-corrected chi connectivity index (χ3v) is 4.29. The largest absolute Gasteiger partial charge is 0.353 e. The van der Waals surface area contributed by atoms with Crippen LogP contribution in [0, 0.1) is 6.92 Å². The molecule has 0 aliphatic carbocycles. The Balaban J connectivity index is 1.98. The Hall–Kier alpha value is -3.27. The molecule has 0 aliphatic heterocycles. The second kappa shape index (κ2) is 5.42. The molecular formula is C20H14N2O2. The standard InChI is InChI=1S/C20H14N2O2/c1-12-20-17(4-5-21-12)18-9-15(2-3-19(18)22-20)16-7-13(10-23)6-14(8-16)11-24/h2-11,22H,1H3. The maximum atomic E-state index is 11.1. The molecule has 116 valence electrons. The molecule has 24 heavy (non-hydrogen) atoms. The van der Waals surface area contributed by atoms with Gasteiger partial charge in [-0.1, -0.05) is 6.07 Å². The van der Waals surface area contributed by atoms with Crippen molar-refractivity contribution in [2.45, 2.75) is 6.92 Å². The molecule has 0 spiro atoms. The molecule has 0 amide bonds. The van der Waals surface area contributed by atoms with Gasteiger partial charge in [0.15, 0.2) is 0 Å². The van der Waals surface area contributed by atoms with Crippen molar-refractivity contribution in [3.8, 4) is 11.1 Å². The average molecular weight is 314 g/mol. The first-order valence-electron chi connectivity index (χ1n) is 7.62. The van der Waals surface area contributed by atoms with Crippen LogP contribution in [0.15, 0.2) is 48.7 Å². The van der Waals surface area contributed by atoms with Crippen LogP contribution in [0.1, 0.15) is 26.4 Å². The summed E-state index contributed by atoms with van der Waals surface area (Å²) in [5, 5.41) is 2.21. The first-order chi connectivity index (χ1) is 11.7. The fourth-order valence-electron chi connectivity index (χ4n) is 3.12. The minimum atomic E-state index is 0.494. The maximum Gasteiger partial charge on any atom is 0.150 e. The SMILES string of the molecule is Cc1nccc2c1[nH]c1ccc(-c3cc(C=O)cc(C=O)c3)cc12. The molecule has 0 saturated carbocycles. The van der Waals surface area contributed by atoms with E-state index in [0.29, 0.717) is 11.1 Å². The van der Waals surface area contributed by atoms with E-state index < -0.39 is 0 Å². The van der Waals surface area contributed by atoms with Gasteiger partial charge >= 0.3 is 0 Å². The summed E-state index contributed by atoms with van der Waals surface area (Å²) in [6.07, 6.45) is 3.32. The van der Waals surface area contributed by atoms with E-state index >= 15 is 0 Å². The number of rotatable bonds is 3. The summed E-state index contributed by atoms with van der Waals surface area (Å²) in [6, 6.07) is 13.2. The van der Waals surface area contributed by atoms with Crippen LogP contribution in [0.3, 0.4) is 0 Å². The summed E-state index contributed by atoms with van der Waals surface area (Å²) in [6.45, 7) is 1.97. The first-order valence-corrected chi connectivity index (χ1v) is 7.62. The van der Waals surface area contributed by atoms with Crippen LogP contribution in [0.5, 0.6) is 0 Å². The van der Waals surface area contributed by atoms with E-state index in [9.17, 15) is 9.59 Å². The van der Waals surface area contributed by atoms with E-state index in [-0.39, 0.29) is 0 Å². The Morgan fingerprint density at radius 3 is 2.33 bits per heavy atom. The zero-order chi connectivity index (χ0) is 16.7. The van der Waals surface area contributed by atoms with E-state index in [1.807, 2.05) is 25.1 Å². The highest BCUT2D eigenvalue weighted by Crippen LogP contribution is 2.31. The number of nitrogens with one attached hydrogen (secondary N) is 1. The number of carbonyl (C=O) groups excluding carboxylic acids is 2. The van der Waals surface area contributed by atoms with Crippen molar-refractivity contribution in [3.05, 3.63) is 65.5 Å². The molecule has 0 bridgehead atoms. The van der Waals surface area contributed by atoms with Gasteiger partial charge in [-0.2, -0.15) is 0 Å². The van der Waals surface area contributed by atoms with Gasteiger partial charge in [-0.05, 0) is 54.4 Å². The van der Waals surface area contributed by atoms with Crippen molar-refractivity contribution in [2.75, 3.05) is 0 Å². The summed E-state index contributed by atoms with van der Waals surface area (Å²) < 4.78 is 0. The van der Waals surface area contributed by atoms with Crippen LogP contribution >= 0.6 is 0 Å². The summed E-state index contributed by atoms with van der Waals surface area (Å²) in [5.74, 6) is 0. The van der Waals surface area contributed by atoms with E-state index in [1.54, 1.807) is 24.4 Å². The lowest BCUT2D eigenvalue weighted by atomic mass is 9.99. The van der Waals surface area contributed by atoms with Crippen molar-refractivity contribution in [1.82, 2.24) is 9.97 Å². The Labute approximate surface area is 138 Å². The monoisotopic (exact) mass is 314 g/mol. The highest BCUT2D eigenvalue weighted by Gasteiger charge is 2.09. The highest BCUT2D eigenvalue weighted by atomic mass is 16.1. The quantitative estimate of drug-likeness (QED) is 0.573. The molecule has 4 heteroatoms. The Bertz CT molecular complexity index is 1080. The average Bonchev–Trinajstić information content (AvgIpc) is 3.00. The summed E-state index contributed by atoms with van der Waals surface area (Å²) in [5.41, 5.74) is 5.82. The topological polar surface area (TPSA) is 62.8 Å². The summed E-state index contributed by atoms with van der Waals surface area (Å²) >= 11 is 0. The van der Waals surface area contributed by atoms with Gasteiger partial charge in [-0.3, -0.25) is 14.6 Å². The Morgan fingerprint density at radius 1 is 0.875 bits per heavy atom. The fourth-order valence-corrected chi connectivity index (χ4v) is 3.12. The number of aryl methyl sites for hydroxylation is 1. The summed E-state index contributed by atoms with van der Waals surface area (Å²) in [7, 11) is 0. The molecule has 2 heterocycles. The minimum Gasteiger partial charge on any atom is -0.353 e. The number of H-pyrrole nitrogens is 1. The first kappa shape index (κ1) is 14.3. The lowest BCUT2D eigenvalue weighted by molar-refractivity contribution is 0.112. The Morgan fingerprint density at radius 2 is 1.62 bits per heavy atom. The van der Waals surface area contributed by atoms with E-state index in [4.69, 9.17) is 0 Å². The number of pyridine rings is 1. The molecule has 2 aromatic carbocycles. The molecule has 4 rings (SSSR count). The maximum absolute atomic E-state index is 11.1. The number of aromatic nitrogens is 2. The van der Waals surface area contributed by atoms with Gasteiger partial charge in [-0.25, -0.2) is 0 Å². The van der Waals surface area contributed by atoms with E-state index in [1.165, 1.54) is 0 Å². The van der Waals surface area contributed by atoms with Gasteiger partial charge < -0.3 is 4.98 Å². The van der Waals surface area contributed by atoms with Crippen molar-refractivity contribution >= 4 is 34.4 Å². The normalized spacial score (nSPS) is 11.0. The predicted molar refractivity (Wildman–Crippen MR) is 94.5 cm³/mol. The van der Waals surface area contributed by atoms with Gasteiger partial charge in [0.25, 0.3) is 0 Å². The van der Waals surface area contributed by atoms with Crippen LogP contribution in [-0.4, -0.2) is 22.5 Å². The lowest BCUT2D eigenvalue weighted by Gasteiger charge is -2.05. The van der Waals surface area contributed by atoms with Crippen LogP contribution in [0.4, 0.5) is 0 Å². The van der Waals surface area contributed by atoms with Gasteiger partial charge in [0, 0.05) is 33.6 Å². The zero-order valence-electron chi connectivity index (χ0n) is 13.0. The van der Waals surface area contributed by atoms with Crippen molar-refractivity contribution in [1.29, 1.82) is 0 Å². The Kier molecular flexibility index (Phi) is 3.24. The second-order valence-electron chi connectivity index (χ2n) is 5.83. The molecule has 2 aromatic heterocycles. The molecule has 0 aliphatic rings. The van der Waals surface area contributed by atoms with Gasteiger partial charge in [0.1, 0.15) is 12.6 Å². The lowest BCUT2D eigenvalue weighted by Crippen LogP contribution is -1.88. The number of nitrogens with zero attached hydrogens (tertiary/aromatic N) is 1. The molecule has 0 unspecified atom stereocenters. The molecule has 4 nitrogen and oxygen atoms in total.